The van der Waals surface area contributed by atoms with E-state index in [9.17, 15) is 13.2 Å². The smallest absolute Gasteiger partial charge is 0.395 e. The van der Waals surface area contributed by atoms with Crippen molar-refractivity contribution >= 4 is 11.8 Å². The highest BCUT2D eigenvalue weighted by atomic mass is 32.2. The summed E-state index contributed by atoms with van der Waals surface area (Å²) in [4.78, 5) is 0. The van der Waals surface area contributed by atoms with E-state index in [4.69, 9.17) is 5.11 Å². The van der Waals surface area contributed by atoms with Crippen molar-refractivity contribution in [3.05, 3.63) is 0 Å². The minimum absolute atomic E-state index is 0.246. The van der Waals surface area contributed by atoms with E-state index in [0.717, 1.165) is 12.2 Å². The highest BCUT2D eigenvalue weighted by Crippen LogP contribution is 2.13. The Kier molecular flexibility index (Phi) is 7.40. The Balaban J connectivity index is 3.58. The molecule has 0 amide bonds. The summed E-state index contributed by atoms with van der Waals surface area (Å²) in [6.07, 6.45) is -0.866. The lowest BCUT2D eigenvalue weighted by Gasteiger charge is -2.17. The first-order chi connectivity index (χ1) is 6.49. The number of alkyl halides is 3. The molecule has 0 aromatic rings. The Morgan fingerprint density at radius 2 is 2.07 bits per heavy atom. The molecule has 0 heterocycles. The normalized spacial score (nSPS) is 14.4. The summed E-state index contributed by atoms with van der Waals surface area (Å²) in [7, 11) is 0. The van der Waals surface area contributed by atoms with Gasteiger partial charge in [0.05, 0.1) is 13.2 Å². The van der Waals surface area contributed by atoms with Crippen molar-refractivity contribution in [3.63, 3.8) is 0 Å². The molecule has 0 rings (SSSR count). The monoisotopic (exact) mass is 231 g/mol. The zero-order valence-electron chi connectivity index (χ0n) is 8.10. The summed E-state index contributed by atoms with van der Waals surface area (Å²) in [6, 6.07) is -0.441. The van der Waals surface area contributed by atoms with Crippen LogP contribution in [0.5, 0.6) is 0 Å². The summed E-state index contributed by atoms with van der Waals surface area (Å²) in [5, 5.41) is 11.1. The van der Waals surface area contributed by atoms with E-state index in [0.29, 0.717) is 6.42 Å². The third-order valence-electron chi connectivity index (χ3n) is 1.71. The van der Waals surface area contributed by atoms with Crippen molar-refractivity contribution in [3.8, 4) is 0 Å². The molecule has 0 aromatic heterocycles. The predicted molar refractivity (Wildman–Crippen MR) is 52.5 cm³/mol. The first-order valence-corrected chi connectivity index (χ1v) is 5.79. The third-order valence-corrected chi connectivity index (χ3v) is 2.41. The van der Waals surface area contributed by atoms with Gasteiger partial charge >= 0.3 is 6.18 Å². The number of halogens is 3. The Morgan fingerprint density at radius 3 is 2.50 bits per heavy atom. The van der Waals surface area contributed by atoms with Gasteiger partial charge in [-0.2, -0.15) is 24.9 Å². The van der Waals surface area contributed by atoms with Gasteiger partial charge in [0.25, 0.3) is 0 Å². The van der Waals surface area contributed by atoms with Crippen LogP contribution in [0.25, 0.3) is 0 Å². The van der Waals surface area contributed by atoms with Gasteiger partial charge in [0.2, 0.25) is 0 Å². The molecule has 0 aromatic carbocycles. The van der Waals surface area contributed by atoms with Crippen LogP contribution in [-0.4, -0.2) is 42.5 Å². The van der Waals surface area contributed by atoms with Crippen molar-refractivity contribution in [2.75, 3.05) is 25.2 Å². The second-order valence-electron chi connectivity index (χ2n) is 3.01. The Hall–Kier alpha value is 0.0600. The average molecular weight is 231 g/mol. The fourth-order valence-electron chi connectivity index (χ4n) is 0.992. The molecule has 0 spiro atoms. The number of thioether (sulfide) groups is 1. The van der Waals surface area contributed by atoms with Gasteiger partial charge < -0.3 is 10.4 Å². The maximum absolute atomic E-state index is 11.8. The summed E-state index contributed by atoms with van der Waals surface area (Å²) in [5.74, 6) is 0.907. The molecule has 0 radical (unpaired) electrons. The first kappa shape index (κ1) is 14.1. The standard InChI is InChI=1S/C8H16F3NOS/c1-14-4-2-3-7(5-13)12-6-8(9,10)11/h7,12-13H,2-6H2,1H3. The topological polar surface area (TPSA) is 32.3 Å². The van der Waals surface area contributed by atoms with Gasteiger partial charge in [-0.3, -0.25) is 0 Å². The maximum atomic E-state index is 11.8. The summed E-state index contributed by atoms with van der Waals surface area (Å²) >= 11 is 1.65. The molecule has 0 aliphatic heterocycles. The first-order valence-electron chi connectivity index (χ1n) is 4.39. The molecule has 1 unspecified atom stereocenters. The molecule has 86 valence electrons. The Labute approximate surface area is 86.3 Å². The van der Waals surface area contributed by atoms with Gasteiger partial charge in [0, 0.05) is 6.04 Å². The van der Waals surface area contributed by atoms with Crippen LogP contribution in [-0.2, 0) is 0 Å². The summed E-state index contributed by atoms with van der Waals surface area (Å²) < 4.78 is 35.4. The van der Waals surface area contributed by atoms with Crippen molar-refractivity contribution < 1.29 is 18.3 Å². The Morgan fingerprint density at radius 1 is 1.43 bits per heavy atom. The quantitative estimate of drug-likeness (QED) is 0.653. The molecule has 0 bridgehead atoms. The van der Waals surface area contributed by atoms with E-state index in [1.54, 1.807) is 11.8 Å². The van der Waals surface area contributed by atoms with E-state index in [1.165, 1.54) is 0 Å². The number of rotatable bonds is 7. The van der Waals surface area contributed by atoms with Crippen molar-refractivity contribution in [1.82, 2.24) is 5.32 Å². The van der Waals surface area contributed by atoms with Gasteiger partial charge in [-0.1, -0.05) is 0 Å². The highest BCUT2D eigenvalue weighted by molar-refractivity contribution is 7.98. The van der Waals surface area contributed by atoms with E-state index in [1.807, 2.05) is 6.26 Å². The lowest BCUT2D eigenvalue weighted by molar-refractivity contribution is -0.126. The van der Waals surface area contributed by atoms with Crippen LogP contribution in [0, 0.1) is 0 Å². The molecule has 2 nitrogen and oxygen atoms in total. The predicted octanol–water partition coefficient (Wildman–Crippen LogP) is 1.64. The second-order valence-corrected chi connectivity index (χ2v) is 4.00. The van der Waals surface area contributed by atoms with Gasteiger partial charge in [-0.05, 0) is 24.9 Å². The average Bonchev–Trinajstić information content (AvgIpc) is 2.09. The van der Waals surface area contributed by atoms with Crippen molar-refractivity contribution in [1.29, 1.82) is 0 Å². The molecule has 6 heteroatoms. The highest BCUT2D eigenvalue weighted by Gasteiger charge is 2.27. The zero-order valence-corrected chi connectivity index (χ0v) is 8.92. The van der Waals surface area contributed by atoms with Crippen LogP contribution >= 0.6 is 11.8 Å². The van der Waals surface area contributed by atoms with E-state index in [-0.39, 0.29) is 6.61 Å². The van der Waals surface area contributed by atoms with Crippen LogP contribution in [0.15, 0.2) is 0 Å². The van der Waals surface area contributed by atoms with E-state index >= 15 is 0 Å². The van der Waals surface area contributed by atoms with Gasteiger partial charge in [-0.25, -0.2) is 0 Å². The fraction of sp³-hybridized carbons (Fsp3) is 1.00. The zero-order chi connectivity index (χ0) is 11.0. The summed E-state index contributed by atoms with van der Waals surface area (Å²) in [5.41, 5.74) is 0. The molecule has 2 N–H and O–H groups in total. The number of aliphatic hydroxyl groups is 1. The van der Waals surface area contributed by atoms with Gasteiger partial charge in [-0.15, -0.1) is 0 Å². The molecule has 0 saturated carbocycles. The van der Waals surface area contributed by atoms with E-state index < -0.39 is 18.8 Å². The minimum atomic E-state index is -4.20. The van der Waals surface area contributed by atoms with Crippen molar-refractivity contribution in [2.45, 2.75) is 25.1 Å². The van der Waals surface area contributed by atoms with Crippen LogP contribution in [0.2, 0.25) is 0 Å². The molecule has 0 fully saturated rings. The second kappa shape index (κ2) is 7.36. The van der Waals surface area contributed by atoms with Crippen LogP contribution < -0.4 is 5.32 Å². The third kappa shape index (κ3) is 8.65. The maximum Gasteiger partial charge on any atom is 0.401 e. The number of hydrogen-bond acceptors (Lipinski definition) is 3. The lowest BCUT2D eigenvalue weighted by Crippen LogP contribution is -2.39. The van der Waals surface area contributed by atoms with Crippen LogP contribution in [0.3, 0.4) is 0 Å². The number of hydrogen-bond donors (Lipinski definition) is 2. The molecular formula is C8H16F3NOS. The van der Waals surface area contributed by atoms with Gasteiger partial charge in [0.1, 0.15) is 0 Å². The fourth-order valence-corrected chi connectivity index (χ4v) is 1.45. The SMILES string of the molecule is CSCCCC(CO)NCC(F)(F)F. The van der Waals surface area contributed by atoms with E-state index in [2.05, 4.69) is 5.32 Å². The molecule has 0 aliphatic carbocycles. The van der Waals surface area contributed by atoms with Gasteiger partial charge in [0.15, 0.2) is 0 Å². The van der Waals surface area contributed by atoms with Crippen LogP contribution in [0.1, 0.15) is 12.8 Å². The van der Waals surface area contributed by atoms with Crippen LogP contribution in [0.4, 0.5) is 13.2 Å². The largest absolute Gasteiger partial charge is 0.401 e. The Bertz CT molecular complexity index is 143. The molecular weight excluding hydrogens is 215 g/mol. The molecule has 0 saturated heterocycles. The number of aliphatic hydroxyl groups excluding tert-OH is 1. The lowest BCUT2D eigenvalue weighted by atomic mass is 10.2. The molecule has 14 heavy (non-hydrogen) atoms. The molecule has 0 aliphatic rings. The molecule has 1 atom stereocenters. The summed E-state index contributed by atoms with van der Waals surface area (Å²) in [6.45, 7) is -1.28. The number of nitrogens with one attached hydrogen (secondary N) is 1. The minimum Gasteiger partial charge on any atom is -0.395 e. The van der Waals surface area contributed by atoms with Crippen molar-refractivity contribution in [2.24, 2.45) is 0 Å².